The number of nitrogens with one attached hydrogen (secondary N) is 2. The van der Waals surface area contributed by atoms with E-state index in [9.17, 15) is 9.59 Å². The van der Waals surface area contributed by atoms with Gasteiger partial charge < -0.3 is 20.7 Å². The molecule has 0 spiro atoms. The van der Waals surface area contributed by atoms with E-state index >= 15 is 0 Å². The van der Waals surface area contributed by atoms with Crippen LogP contribution in [0.2, 0.25) is 5.02 Å². The van der Waals surface area contributed by atoms with E-state index in [1.54, 1.807) is 19.1 Å². The topological polar surface area (TPSA) is 84.0 Å². The van der Waals surface area contributed by atoms with Crippen molar-refractivity contribution in [1.82, 2.24) is 10.6 Å². The third kappa shape index (κ3) is 5.02. The first-order chi connectivity index (χ1) is 13.1. The van der Waals surface area contributed by atoms with Gasteiger partial charge in [0.15, 0.2) is 0 Å². The van der Waals surface area contributed by atoms with E-state index in [1.165, 1.54) is 32.1 Å². The van der Waals surface area contributed by atoms with Crippen LogP contribution in [0.15, 0.2) is 35.5 Å². The van der Waals surface area contributed by atoms with Crippen molar-refractivity contribution in [1.29, 1.82) is 0 Å². The minimum atomic E-state index is -0.551. The Morgan fingerprint density at radius 3 is 2.59 bits per heavy atom. The summed E-state index contributed by atoms with van der Waals surface area (Å²) >= 11 is 5.98. The van der Waals surface area contributed by atoms with Gasteiger partial charge in [0.25, 0.3) is 0 Å². The van der Waals surface area contributed by atoms with Crippen LogP contribution in [-0.4, -0.2) is 31.2 Å². The molecule has 1 aliphatic carbocycles. The molecule has 0 radical (unpaired) electrons. The third-order valence-electron chi connectivity index (χ3n) is 5.16. The number of quaternary nitrogens is 1. The van der Waals surface area contributed by atoms with E-state index in [1.807, 2.05) is 12.1 Å². The van der Waals surface area contributed by atoms with Gasteiger partial charge in [0.05, 0.1) is 30.0 Å². The van der Waals surface area contributed by atoms with Gasteiger partial charge in [0.2, 0.25) is 0 Å². The number of nitrogens with two attached hydrogens (primary N) is 1. The Kier molecular flexibility index (Phi) is 6.74. The Bertz CT molecular complexity index is 712. The standard InChI is InChI=1S/C20H26ClN3O3/c1-2-27-19(25)17-16(12-22-15-6-4-3-5-7-15)23-20(26)24-18(17)13-8-10-14(21)11-9-13/h8-11,15,18,22H,2-7,12H2,1H3,(H2,23,24,26)/p+1/t18-/m0/s1. The number of ether oxygens (including phenoxy) is 1. The molecule has 1 heterocycles. The van der Waals surface area contributed by atoms with Crippen molar-refractivity contribution in [2.24, 2.45) is 0 Å². The molecule has 1 fully saturated rings. The second-order valence-electron chi connectivity index (χ2n) is 7.03. The van der Waals surface area contributed by atoms with Crippen molar-refractivity contribution in [2.45, 2.75) is 51.1 Å². The molecular formula is C20H27ClN3O3+. The first-order valence-electron chi connectivity index (χ1n) is 9.65. The number of carbonyl (C=O) groups is 2. The predicted octanol–water partition coefficient (Wildman–Crippen LogP) is 2.41. The van der Waals surface area contributed by atoms with Crippen LogP contribution in [0.4, 0.5) is 4.79 Å². The largest absolute Gasteiger partial charge is 0.463 e. The molecule has 6 nitrogen and oxygen atoms in total. The first-order valence-corrected chi connectivity index (χ1v) is 10.0. The SMILES string of the molecule is CCOC(=O)C1=C(C[NH2+]C2CCCCC2)NC(=O)N[C@H]1c1ccc(Cl)cc1. The van der Waals surface area contributed by atoms with Crippen molar-refractivity contribution < 1.29 is 19.6 Å². The lowest BCUT2D eigenvalue weighted by atomic mass is 9.93. The van der Waals surface area contributed by atoms with Crippen LogP contribution in [0.1, 0.15) is 50.6 Å². The Labute approximate surface area is 164 Å². The fourth-order valence-electron chi connectivity index (χ4n) is 3.79. The van der Waals surface area contributed by atoms with Crippen molar-refractivity contribution >= 4 is 23.6 Å². The van der Waals surface area contributed by atoms with Crippen molar-refractivity contribution in [2.75, 3.05) is 13.2 Å². The molecular weight excluding hydrogens is 366 g/mol. The molecule has 1 aromatic carbocycles. The summed E-state index contributed by atoms with van der Waals surface area (Å²) in [6, 6.07) is 6.82. The Morgan fingerprint density at radius 1 is 1.22 bits per heavy atom. The zero-order chi connectivity index (χ0) is 19.2. The fraction of sp³-hybridized carbons (Fsp3) is 0.500. The number of esters is 1. The van der Waals surface area contributed by atoms with Gasteiger partial charge in [-0.3, -0.25) is 0 Å². The first kappa shape index (κ1) is 19.7. The van der Waals surface area contributed by atoms with Gasteiger partial charge in [-0.15, -0.1) is 0 Å². The van der Waals surface area contributed by atoms with Gasteiger partial charge in [-0.25, -0.2) is 9.59 Å². The summed E-state index contributed by atoms with van der Waals surface area (Å²) < 4.78 is 5.29. The monoisotopic (exact) mass is 392 g/mol. The Balaban J connectivity index is 1.88. The zero-order valence-electron chi connectivity index (χ0n) is 15.6. The highest BCUT2D eigenvalue weighted by Crippen LogP contribution is 2.28. The van der Waals surface area contributed by atoms with Gasteiger partial charge in [0.1, 0.15) is 6.54 Å². The molecule has 1 atom stereocenters. The molecule has 7 heteroatoms. The number of hydrogen-bond donors (Lipinski definition) is 3. The van der Waals surface area contributed by atoms with E-state index in [4.69, 9.17) is 16.3 Å². The van der Waals surface area contributed by atoms with Crippen LogP contribution in [0.5, 0.6) is 0 Å². The van der Waals surface area contributed by atoms with Crippen LogP contribution in [-0.2, 0) is 9.53 Å². The summed E-state index contributed by atoms with van der Waals surface area (Å²) in [5.41, 5.74) is 1.89. The maximum absolute atomic E-state index is 12.7. The molecule has 1 saturated carbocycles. The number of urea groups is 1. The van der Waals surface area contributed by atoms with E-state index in [0.29, 0.717) is 28.9 Å². The van der Waals surface area contributed by atoms with Gasteiger partial charge in [-0.2, -0.15) is 0 Å². The molecule has 3 rings (SSSR count). The number of amides is 2. The summed E-state index contributed by atoms with van der Waals surface area (Å²) in [7, 11) is 0. The van der Waals surface area contributed by atoms with E-state index < -0.39 is 12.0 Å². The molecule has 1 aliphatic heterocycles. The van der Waals surface area contributed by atoms with Crippen LogP contribution in [0.25, 0.3) is 0 Å². The number of hydrogen-bond acceptors (Lipinski definition) is 3. The van der Waals surface area contributed by atoms with E-state index in [2.05, 4.69) is 16.0 Å². The van der Waals surface area contributed by atoms with Crippen molar-refractivity contribution in [3.8, 4) is 0 Å². The summed E-state index contributed by atoms with van der Waals surface area (Å²) in [4.78, 5) is 25.0. The lowest BCUT2D eigenvalue weighted by Gasteiger charge is -2.29. The summed E-state index contributed by atoms with van der Waals surface area (Å²) in [5, 5.41) is 8.51. The highest BCUT2D eigenvalue weighted by molar-refractivity contribution is 6.30. The summed E-state index contributed by atoms with van der Waals surface area (Å²) in [6.45, 7) is 2.61. The third-order valence-corrected chi connectivity index (χ3v) is 5.41. The quantitative estimate of drug-likeness (QED) is 0.650. The fourth-order valence-corrected chi connectivity index (χ4v) is 3.91. The second-order valence-corrected chi connectivity index (χ2v) is 7.47. The maximum Gasteiger partial charge on any atom is 0.338 e. The number of benzene rings is 1. The molecule has 2 amide bonds. The zero-order valence-corrected chi connectivity index (χ0v) is 16.3. The smallest absolute Gasteiger partial charge is 0.338 e. The van der Waals surface area contributed by atoms with Gasteiger partial charge in [-0.05, 0) is 50.3 Å². The number of halogens is 1. The normalized spacial score (nSPS) is 20.8. The van der Waals surface area contributed by atoms with E-state index in [-0.39, 0.29) is 12.6 Å². The van der Waals surface area contributed by atoms with Crippen LogP contribution < -0.4 is 16.0 Å². The molecule has 1 aromatic rings. The number of carbonyl (C=O) groups excluding carboxylic acids is 2. The van der Waals surface area contributed by atoms with Gasteiger partial charge >= 0.3 is 12.0 Å². The lowest BCUT2D eigenvalue weighted by Crippen LogP contribution is -2.91. The van der Waals surface area contributed by atoms with Crippen LogP contribution in [0.3, 0.4) is 0 Å². The molecule has 0 saturated heterocycles. The highest BCUT2D eigenvalue weighted by atomic mass is 35.5. The van der Waals surface area contributed by atoms with Crippen molar-refractivity contribution in [3.05, 3.63) is 46.1 Å². The number of rotatable bonds is 6. The Hall–Kier alpha value is -2.05. The molecule has 2 aliphatic rings. The molecule has 146 valence electrons. The average molecular weight is 393 g/mol. The maximum atomic E-state index is 12.7. The molecule has 0 aromatic heterocycles. The van der Waals surface area contributed by atoms with Gasteiger partial charge in [-0.1, -0.05) is 30.2 Å². The minimum Gasteiger partial charge on any atom is -0.463 e. The average Bonchev–Trinajstić information content (AvgIpc) is 2.67. The van der Waals surface area contributed by atoms with Crippen LogP contribution >= 0.6 is 11.6 Å². The molecule has 0 unspecified atom stereocenters. The second kappa shape index (κ2) is 9.24. The minimum absolute atomic E-state index is 0.281. The Morgan fingerprint density at radius 2 is 1.93 bits per heavy atom. The van der Waals surface area contributed by atoms with Crippen LogP contribution in [0, 0.1) is 0 Å². The van der Waals surface area contributed by atoms with Gasteiger partial charge in [0, 0.05) is 5.02 Å². The molecule has 4 N–H and O–H groups in total. The summed E-state index contributed by atoms with van der Waals surface area (Å²) in [6.07, 6.45) is 6.13. The predicted molar refractivity (Wildman–Crippen MR) is 103 cm³/mol. The highest BCUT2D eigenvalue weighted by Gasteiger charge is 2.34. The van der Waals surface area contributed by atoms with E-state index in [0.717, 1.165) is 5.56 Å². The lowest BCUT2D eigenvalue weighted by molar-refractivity contribution is -0.685. The summed E-state index contributed by atoms with van der Waals surface area (Å²) in [5.74, 6) is -0.406. The van der Waals surface area contributed by atoms with Crippen molar-refractivity contribution in [3.63, 3.8) is 0 Å². The molecule has 27 heavy (non-hydrogen) atoms. The molecule has 0 bridgehead atoms.